The topological polar surface area (TPSA) is 81.7 Å². The number of nitrogens with one attached hydrogen (secondary N) is 1. The molecule has 37 heavy (non-hydrogen) atoms. The largest absolute Gasteiger partial charge is 0.362 e. The Balaban J connectivity index is 1.51. The maximum atomic E-state index is 13.4. The molecule has 1 aromatic heterocycles. The van der Waals surface area contributed by atoms with E-state index in [9.17, 15) is 9.59 Å². The van der Waals surface area contributed by atoms with Gasteiger partial charge in [-0.05, 0) is 31.4 Å². The Morgan fingerprint density at radius 1 is 0.946 bits per heavy atom. The number of anilines is 2. The molecule has 2 amide bonds. The van der Waals surface area contributed by atoms with Crippen LogP contribution < -0.4 is 10.2 Å². The maximum absolute atomic E-state index is 13.4. The van der Waals surface area contributed by atoms with Crippen molar-refractivity contribution in [3.63, 3.8) is 0 Å². The van der Waals surface area contributed by atoms with Crippen LogP contribution in [0.5, 0.6) is 0 Å². The summed E-state index contributed by atoms with van der Waals surface area (Å²) in [5, 5.41) is 3.71. The van der Waals surface area contributed by atoms with Crippen molar-refractivity contribution in [1.82, 2.24) is 19.8 Å². The first-order valence-electron chi connectivity index (χ1n) is 13.0. The van der Waals surface area contributed by atoms with Crippen molar-refractivity contribution in [1.29, 1.82) is 0 Å². The van der Waals surface area contributed by atoms with Crippen LogP contribution in [0.15, 0.2) is 60.7 Å². The number of carbonyl (C=O) groups excluding carboxylic acids is 2. The summed E-state index contributed by atoms with van der Waals surface area (Å²) in [5.41, 5.74) is 3.69. The summed E-state index contributed by atoms with van der Waals surface area (Å²) in [6, 6.07) is 20.8. The number of piperazine rings is 1. The highest BCUT2D eigenvalue weighted by Crippen LogP contribution is 2.33. The first-order chi connectivity index (χ1) is 17.9. The number of carbonyl (C=O) groups is 2. The molecule has 1 atom stereocenters. The molecular formula is C29H34N6O2. The van der Waals surface area contributed by atoms with Crippen molar-refractivity contribution < 1.29 is 9.59 Å². The van der Waals surface area contributed by atoms with Crippen molar-refractivity contribution in [2.24, 2.45) is 0 Å². The second-order valence-electron chi connectivity index (χ2n) is 10.0. The zero-order valence-corrected chi connectivity index (χ0v) is 21.7. The first kappa shape index (κ1) is 24.7. The molecule has 1 N–H and O–H groups in total. The number of rotatable bonds is 7. The Hall–Kier alpha value is -3.94. The summed E-state index contributed by atoms with van der Waals surface area (Å²) in [5.74, 6) is 1.26. The van der Waals surface area contributed by atoms with E-state index in [2.05, 4.69) is 46.6 Å². The van der Waals surface area contributed by atoms with Gasteiger partial charge in [-0.1, -0.05) is 60.7 Å². The third kappa shape index (κ3) is 5.28. The lowest BCUT2D eigenvalue weighted by atomic mass is 9.98. The van der Waals surface area contributed by atoms with Gasteiger partial charge in [-0.3, -0.25) is 9.59 Å². The molecule has 0 aliphatic carbocycles. The van der Waals surface area contributed by atoms with Crippen LogP contribution in [0, 0.1) is 0 Å². The molecule has 0 saturated carbocycles. The van der Waals surface area contributed by atoms with Crippen LogP contribution >= 0.6 is 0 Å². The fourth-order valence-corrected chi connectivity index (χ4v) is 5.03. The van der Waals surface area contributed by atoms with E-state index >= 15 is 0 Å². The highest BCUT2D eigenvalue weighted by molar-refractivity contribution is 5.98. The number of hydrogen-bond donors (Lipinski definition) is 1. The predicted molar refractivity (Wildman–Crippen MR) is 144 cm³/mol. The van der Waals surface area contributed by atoms with Gasteiger partial charge in [-0.2, -0.15) is 4.98 Å². The van der Waals surface area contributed by atoms with Crippen LogP contribution in [0.25, 0.3) is 0 Å². The van der Waals surface area contributed by atoms with Gasteiger partial charge in [0.25, 0.3) is 5.91 Å². The quantitative estimate of drug-likeness (QED) is 0.532. The van der Waals surface area contributed by atoms with Crippen LogP contribution in [0.3, 0.4) is 0 Å². The standard InChI is InChI=1S/C29H34N6O2/c1-20(2)35-19-24-26(28(35)37)31-29(34-16-14-33(15-17-34)21(3)36)32-27(24)30-25(23-12-8-5-9-13-23)18-22-10-6-4-7-11-22/h4-13,20,25H,14-19H2,1-3H3,(H,30,31,32). The van der Waals surface area contributed by atoms with Crippen molar-refractivity contribution >= 4 is 23.6 Å². The number of aromatic nitrogens is 2. The van der Waals surface area contributed by atoms with E-state index in [1.807, 2.05) is 47.9 Å². The zero-order chi connectivity index (χ0) is 25.9. The molecule has 1 saturated heterocycles. The molecule has 3 heterocycles. The molecule has 3 aromatic rings. The first-order valence-corrected chi connectivity index (χ1v) is 13.0. The minimum atomic E-state index is -0.0570. The number of benzene rings is 2. The van der Waals surface area contributed by atoms with Gasteiger partial charge in [0.05, 0.1) is 12.6 Å². The fraction of sp³-hybridized carbons (Fsp3) is 0.379. The van der Waals surface area contributed by atoms with Crippen LogP contribution in [-0.4, -0.2) is 63.8 Å². The monoisotopic (exact) mass is 498 g/mol. The van der Waals surface area contributed by atoms with Crippen molar-refractivity contribution in [3.8, 4) is 0 Å². The SMILES string of the molecule is CC(=O)N1CCN(c2nc(NC(Cc3ccccc3)c3ccccc3)c3c(n2)C(=O)N(C(C)C)C3)CC1. The summed E-state index contributed by atoms with van der Waals surface area (Å²) in [6.45, 7) is 8.62. The predicted octanol–water partition coefficient (Wildman–Crippen LogP) is 3.91. The van der Waals surface area contributed by atoms with Gasteiger partial charge in [-0.25, -0.2) is 4.98 Å². The molecule has 0 radical (unpaired) electrons. The summed E-state index contributed by atoms with van der Waals surface area (Å²) in [7, 11) is 0. The number of nitrogens with zero attached hydrogens (tertiary/aromatic N) is 5. The summed E-state index contributed by atoms with van der Waals surface area (Å²) < 4.78 is 0. The van der Waals surface area contributed by atoms with Crippen LogP contribution in [-0.2, 0) is 17.8 Å². The Bertz CT molecular complexity index is 1260. The van der Waals surface area contributed by atoms with Crippen molar-refractivity contribution in [3.05, 3.63) is 83.0 Å². The second kappa shape index (κ2) is 10.6. The highest BCUT2D eigenvalue weighted by atomic mass is 16.2. The lowest BCUT2D eigenvalue weighted by Gasteiger charge is -2.34. The maximum Gasteiger partial charge on any atom is 0.273 e. The number of hydrogen-bond acceptors (Lipinski definition) is 6. The van der Waals surface area contributed by atoms with E-state index in [0.29, 0.717) is 50.2 Å². The van der Waals surface area contributed by atoms with Crippen molar-refractivity contribution in [2.75, 3.05) is 36.4 Å². The van der Waals surface area contributed by atoms with Gasteiger partial charge in [0.15, 0.2) is 0 Å². The van der Waals surface area contributed by atoms with Gasteiger partial charge in [-0.15, -0.1) is 0 Å². The Morgan fingerprint density at radius 3 is 2.22 bits per heavy atom. The lowest BCUT2D eigenvalue weighted by molar-refractivity contribution is -0.129. The van der Waals surface area contributed by atoms with Gasteiger partial charge in [0, 0.05) is 44.7 Å². The fourth-order valence-electron chi connectivity index (χ4n) is 5.03. The molecule has 2 aliphatic heterocycles. The third-order valence-electron chi connectivity index (χ3n) is 7.21. The van der Waals surface area contributed by atoms with Crippen molar-refractivity contribution in [2.45, 2.75) is 45.8 Å². The van der Waals surface area contributed by atoms with Crippen LogP contribution in [0.1, 0.15) is 54.0 Å². The van der Waals surface area contributed by atoms with Gasteiger partial charge < -0.3 is 20.0 Å². The Morgan fingerprint density at radius 2 is 1.59 bits per heavy atom. The minimum Gasteiger partial charge on any atom is -0.362 e. The molecule has 192 valence electrons. The average Bonchev–Trinajstić information content (AvgIpc) is 3.26. The van der Waals surface area contributed by atoms with Gasteiger partial charge in [0.1, 0.15) is 11.5 Å². The van der Waals surface area contributed by atoms with Gasteiger partial charge in [0.2, 0.25) is 11.9 Å². The molecule has 2 aromatic carbocycles. The van der Waals surface area contributed by atoms with Gasteiger partial charge >= 0.3 is 0 Å². The molecule has 8 nitrogen and oxygen atoms in total. The second-order valence-corrected chi connectivity index (χ2v) is 10.0. The lowest BCUT2D eigenvalue weighted by Crippen LogP contribution is -2.48. The Kier molecular flexibility index (Phi) is 7.08. The minimum absolute atomic E-state index is 0.0341. The van der Waals surface area contributed by atoms with E-state index in [4.69, 9.17) is 9.97 Å². The highest BCUT2D eigenvalue weighted by Gasteiger charge is 2.35. The zero-order valence-electron chi connectivity index (χ0n) is 21.7. The molecular weight excluding hydrogens is 464 g/mol. The molecule has 1 fully saturated rings. The molecule has 2 aliphatic rings. The molecule has 0 spiro atoms. The molecule has 5 rings (SSSR count). The van der Waals surface area contributed by atoms with E-state index in [0.717, 1.165) is 17.5 Å². The normalized spacial score (nSPS) is 16.2. The number of fused-ring (bicyclic) bond motifs is 1. The third-order valence-corrected chi connectivity index (χ3v) is 7.21. The molecule has 0 bridgehead atoms. The molecule has 8 heteroatoms. The van der Waals surface area contributed by atoms with E-state index < -0.39 is 0 Å². The van der Waals surface area contributed by atoms with Crippen LogP contribution in [0.4, 0.5) is 11.8 Å². The van der Waals surface area contributed by atoms with E-state index in [1.54, 1.807) is 6.92 Å². The number of amides is 2. The van der Waals surface area contributed by atoms with E-state index in [-0.39, 0.29) is 23.9 Å². The van der Waals surface area contributed by atoms with E-state index in [1.165, 1.54) is 5.56 Å². The summed E-state index contributed by atoms with van der Waals surface area (Å²) in [4.78, 5) is 40.7. The Labute approximate surface area is 218 Å². The summed E-state index contributed by atoms with van der Waals surface area (Å²) in [6.07, 6.45) is 0.776. The smallest absolute Gasteiger partial charge is 0.273 e. The van der Waals surface area contributed by atoms with Crippen LogP contribution in [0.2, 0.25) is 0 Å². The summed E-state index contributed by atoms with van der Waals surface area (Å²) >= 11 is 0. The molecule has 1 unspecified atom stereocenters. The average molecular weight is 499 g/mol.